The zero-order valence-corrected chi connectivity index (χ0v) is 14.1. The molecule has 1 saturated heterocycles. The van der Waals surface area contributed by atoms with Gasteiger partial charge in [-0.15, -0.1) is 11.3 Å². The van der Waals surface area contributed by atoms with Gasteiger partial charge in [0, 0.05) is 23.6 Å². The second-order valence-electron chi connectivity index (χ2n) is 4.65. The van der Waals surface area contributed by atoms with E-state index in [1.165, 1.54) is 11.3 Å². The highest BCUT2D eigenvalue weighted by Crippen LogP contribution is 2.34. The summed E-state index contributed by atoms with van der Waals surface area (Å²) in [7, 11) is 0. The van der Waals surface area contributed by atoms with Crippen molar-refractivity contribution in [3.05, 3.63) is 19.2 Å². The van der Waals surface area contributed by atoms with E-state index in [0.717, 1.165) is 32.5 Å². The van der Waals surface area contributed by atoms with E-state index in [1.807, 2.05) is 11.0 Å². The molecule has 0 radical (unpaired) electrons. The number of amides is 1. The summed E-state index contributed by atoms with van der Waals surface area (Å²) in [5, 5.41) is 0. The van der Waals surface area contributed by atoms with Crippen LogP contribution in [0.3, 0.4) is 0 Å². The Kier molecular flexibility index (Phi) is 4.86. The molecule has 2 N–H and O–H groups in total. The minimum Gasteiger partial charge on any atom is -0.333 e. The number of rotatable bonds is 2. The topological polar surface area (TPSA) is 46.3 Å². The maximum atomic E-state index is 12.5. The van der Waals surface area contributed by atoms with Gasteiger partial charge < -0.3 is 10.6 Å². The standard InChI is InChI=1S/C12H16Br2N2OS/c1-7-3-2-4-16(9(7)6-15)12(17)10-5-8(13)11(14)18-10/h5,7,9H,2-4,6,15H2,1H3. The van der Waals surface area contributed by atoms with Crippen LogP contribution in [0.5, 0.6) is 0 Å². The van der Waals surface area contributed by atoms with Crippen LogP contribution in [0.2, 0.25) is 0 Å². The smallest absolute Gasteiger partial charge is 0.264 e. The van der Waals surface area contributed by atoms with Gasteiger partial charge in [-0.05, 0) is 56.7 Å². The molecule has 1 aliphatic rings. The van der Waals surface area contributed by atoms with Gasteiger partial charge in [0.25, 0.3) is 5.91 Å². The van der Waals surface area contributed by atoms with E-state index in [1.54, 1.807) is 0 Å². The maximum absolute atomic E-state index is 12.5. The molecular weight excluding hydrogens is 380 g/mol. The van der Waals surface area contributed by atoms with Gasteiger partial charge in [0.1, 0.15) is 0 Å². The lowest BCUT2D eigenvalue weighted by Crippen LogP contribution is -2.51. The van der Waals surface area contributed by atoms with E-state index in [9.17, 15) is 4.79 Å². The fraction of sp³-hybridized carbons (Fsp3) is 0.583. The SMILES string of the molecule is CC1CCCN(C(=O)c2cc(Br)c(Br)s2)C1CN. The summed E-state index contributed by atoms with van der Waals surface area (Å²) in [6.45, 7) is 3.54. The third-order valence-electron chi connectivity index (χ3n) is 3.47. The van der Waals surface area contributed by atoms with Crippen molar-refractivity contribution in [2.45, 2.75) is 25.8 Å². The van der Waals surface area contributed by atoms with Crippen LogP contribution in [0.4, 0.5) is 0 Å². The van der Waals surface area contributed by atoms with Crippen molar-refractivity contribution in [1.82, 2.24) is 4.90 Å². The number of thiophene rings is 1. The highest BCUT2D eigenvalue weighted by Gasteiger charge is 2.32. The van der Waals surface area contributed by atoms with E-state index in [-0.39, 0.29) is 11.9 Å². The molecule has 0 bridgehead atoms. The zero-order valence-electron chi connectivity index (χ0n) is 10.2. The molecule has 1 aromatic rings. The lowest BCUT2D eigenvalue weighted by Gasteiger charge is -2.39. The van der Waals surface area contributed by atoms with Crippen LogP contribution in [0.1, 0.15) is 29.4 Å². The number of nitrogens with zero attached hydrogens (tertiary/aromatic N) is 1. The fourth-order valence-electron chi connectivity index (χ4n) is 2.45. The number of hydrogen-bond donors (Lipinski definition) is 1. The molecule has 2 atom stereocenters. The number of hydrogen-bond acceptors (Lipinski definition) is 3. The van der Waals surface area contributed by atoms with Crippen molar-refractivity contribution in [2.24, 2.45) is 11.7 Å². The first-order valence-electron chi connectivity index (χ1n) is 6.00. The molecule has 6 heteroatoms. The predicted octanol–water partition coefficient (Wildman–Crippen LogP) is 3.47. The molecule has 1 aromatic heterocycles. The van der Waals surface area contributed by atoms with E-state index < -0.39 is 0 Å². The Morgan fingerprint density at radius 1 is 1.61 bits per heavy atom. The summed E-state index contributed by atoms with van der Waals surface area (Å²) in [6.07, 6.45) is 2.22. The fourth-order valence-corrected chi connectivity index (χ4v) is 4.45. The van der Waals surface area contributed by atoms with E-state index in [2.05, 4.69) is 38.8 Å². The molecule has 0 aromatic carbocycles. The molecule has 3 nitrogen and oxygen atoms in total. The monoisotopic (exact) mass is 394 g/mol. The van der Waals surface area contributed by atoms with Crippen molar-refractivity contribution in [3.63, 3.8) is 0 Å². The molecule has 0 spiro atoms. The molecule has 0 aliphatic carbocycles. The van der Waals surface area contributed by atoms with Crippen LogP contribution < -0.4 is 5.73 Å². The lowest BCUT2D eigenvalue weighted by atomic mass is 9.90. The maximum Gasteiger partial charge on any atom is 0.264 e. The average Bonchev–Trinajstić information content (AvgIpc) is 2.68. The van der Waals surface area contributed by atoms with Gasteiger partial charge in [0.2, 0.25) is 0 Å². The summed E-state index contributed by atoms with van der Waals surface area (Å²) < 4.78 is 1.89. The van der Waals surface area contributed by atoms with Gasteiger partial charge in [0.05, 0.1) is 8.66 Å². The number of carbonyl (C=O) groups excluding carboxylic acids is 1. The van der Waals surface area contributed by atoms with Gasteiger partial charge in [-0.2, -0.15) is 0 Å². The molecule has 18 heavy (non-hydrogen) atoms. The Morgan fingerprint density at radius 2 is 2.33 bits per heavy atom. The Hall–Kier alpha value is 0.0900. The zero-order chi connectivity index (χ0) is 13.3. The lowest BCUT2D eigenvalue weighted by molar-refractivity contribution is 0.0537. The molecule has 2 unspecified atom stereocenters. The van der Waals surface area contributed by atoms with Crippen LogP contribution in [-0.4, -0.2) is 29.9 Å². The van der Waals surface area contributed by atoms with Crippen LogP contribution in [0.15, 0.2) is 14.3 Å². The first-order chi connectivity index (χ1) is 8.54. The third-order valence-corrected chi connectivity index (χ3v) is 6.72. The van der Waals surface area contributed by atoms with Crippen molar-refractivity contribution < 1.29 is 4.79 Å². The van der Waals surface area contributed by atoms with Crippen molar-refractivity contribution in [3.8, 4) is 0 Å². The van der Waals surface area contributed by atoms with Crippen LogP contribution in [-0.2, 0) is 0 Å². The summed E-state index contributed by atoms with van der Waals surface area (Å²) in [6, 6.07) is 2.05. The summed E-state index contributed by atoms with van der Waals surface area (Å²) in [5.74, 6) is 0.591. The number of likely N-dealkylation sites (tertiary alicyclic amines) is 1. The molecule has 1 aliphatic heterocycles. The molecule has 2 heterocycles. The Morgan fingerprint density at radius 3 is 2.89 bits per heavy atom. The number of piperidine rings is 1. The second kappa shape index (κ2) is 6.03. The van der Waals surface area contributed by atoms with Gasteiger partial charge >= 0.3 is 0 Å². The Bertz CT molecular complexity index is 430. The Labute approximate surface area is 128 Å². The minimum atomic E-state index is 0.105. The van der Waals surface area contributed by atoms with Crippen molar-refractivity contribution in [1.29, 1.82) is 0 Å². The summed E-state index contributed by atoms with van der Waals surface area (Å²) in [4.78, 5) is 15.2. The number of carbonyl (C=O) groups is 1. The second-order valence-corrected chi connectivity index (χ2v) is 7.88. The molecule has 1 fully saturated rings. The molecular formula is C12H16Br2N2OS. The first kappa shape index (κ1) is 14.5. The highest BCUT2D eigenvalue weighted by atomic mass is 79.9. The van der Waals surface area contributed by atoms with Crippen LogP contribution >= 0.6 is 43.2 Å². The first-order valence-corrected chi connectivity index (χ1v) is 8.40. The van der Waals surface area contributed by atoms with Crippen LogP contribution in [0, 0.1) is 5.92 Å². The molecule has 2 rings (SSSR count). The van der Waals surface area contributed by atoms with Crippen LogP contribution in [0.25, 0.3) is 0 Å². The number of nitrogens with two attached hydrogens (primary N) is 1. The molecule has 100 valence electrons. The van der Waals surface area contributed by atoms with Gasteiger partial charge in [0.15, 0.2) is 0 Å². The van der Waals surface area contributed by atoms with E-state index in [0.29, 0.717) is 12.5 Å². The average molecular weight is 396 g/mol. The normalized spacial score (nSPS) is 24.3. The summed E-state index contributed by atoms with van der Waals surface area (Å²) in [5.41, 5.74) is 5.83. The van der Waals surface area contributed by atoms with Gasteiger partial charge in [-0.1, -0.05) is 6.92 Å². The largest absolute Gasteiger partial charge is 0.333 e. The highest BCUT2D eigenvalue weighted by molar-refractivity contribution is 9.13. The third kappa shape index (κ3) is 2.81. The van der Waals surface area contributed by atoms with E-state index >= 15 is 0 Å². The number of halogens is 2. The van der Waals surface area contributed by atoms with E-state index in [4.69, 9.17) is 5.73 Å². The van der Waals surface area contributed by atoms with Crippen molar-refractivity contribution in [2.75, 3.05) is 13.1 Å². The molecule has 0 saturated carbocycles. The quantitative estimate of drug-likeness (QED) is 0.833. The van der Waals surface area contributed by atoms with Gasteiger partial charge in [-0.25, -0.2) is 0 Å². The van der Waals surface area contributed by atoms with Crippen molar-refractivity contribution >= 4 is 49.1 Å². The van der Waals surface area contributed by atoms with Gasteiger partial charge in [-0.3, -0.25) is 4.79 Å². The Balaban J connectivity index is 2.21. The summed E-state index contributed by atoms with van der Waals surface area (Å²) >= 11 is 8.32. The predicted molar refractivity (Wildman–Crippen MR) is 82.0 cm³/mol. The minimum absolute atomic E-state index is 0.105. The molecule has 1 amide bonds.